The monoisotopic (exact) mass is 367 g/mol. The number of oxime groups is 1. The summed E-state index contributed by atoms with van der Waals surface area (Å²) in [5, 5.41) is 11.9. The lowest BCUT2D eigenvalue weighted by atomic mass is 10.1. The van der Waals surface area contributed by atoms with Crippen LogP contribution in [0, 0.1) is 6.92 Å². The molecule has 8 nitrogen and oxygen atoms in total. The molecule has 0 fully saturated rings. The van der Waals surface area contributed by atoms with E-state index < -0.39 is 0 Å². The highest BCUT2D eigenvalue weighted by molar-refractivity contribution is 6.00. The molecule has 0 atom stereocenters. The molecule has 0 amide bonds. The fraction of sp³-hybridized carbons (Fsp3) is 0.263. The van der Waals surface area contributed by atoms with E-state index in [0.29, 0.717) is 11.4 Å². The number of benzene rings is 2. The fourth-order valence-electron chi connectivity index (χ4n) is 2.72. The molecule has 1 heterocycles. The number of tetrazole rings is 1. The van der Waals surface area contributed by atoms with Crippen LogP contribution in [0.1, 0.15) is 23.6 Å². The van der Waals surface area contributed by atoms with E-state index in [1.54, 1.807) is 20.2 Å². The minimum Gasteiger partial charge on any atom is -0.496 e. The highest BCUT2D eigenvalue weighted by atomic mass is 16.6. The van der Waals surface area contributed by atoms with Crippen LogP contribution in [0.2, 0.25) is 0 Å². The number of aryl methyl sites for hydroxylation is 2. The molecule has 27 heavy (non-hydrogen) atoms. The zero-order valence-electron chi connectivity index (χ0n) is 15.7. The van der Waals surface area contributed by atoms with Gasteiger partial charge in [0.2, 0.25) is 0 Å². The molecule has 3 aromatic rings. The zero-order valence-corrected chi connectivity index (χ0v) is 15.7. The first-order valence-electron chi connectivity index (χ1n) is 8.40. The van der Waals surface area contributed by atoms with Crippen molar-refractivity contribution in [3.8, 4) is 11.4 Å². The van der Waals surface area contributed by atoms with Gasteiger partial charge in [-0.1, -0.05) is 29.4 Å². The van der Waals surface area contributed by atoms with Gasteiger partial charge in [0.1, 0.15) is 12.4 Å². The maximum Gasteiger partial charge on any atom is 0.368 e. The lowest BCUT2D eigenvalue weighted by Gasteiger charge is -2.11. The summed E-state index contributed by atoms with van der Waals surface area (Å²) in [6.45, 7) is 3.99. The van der Waals surface area contributed by atoms with Gasteiger partial charge in [0.15, 0.2) is 0 Å². The van der Waals surface area contributed by atoms with Crippen LogP contribution >= 0.6 is 0 Å². The number of rotatable bonds is 6. The third-order valence-electron chi connectivity index (χ3n) is 4.24. The van der Waals surface area contributed by atoms with Crippen molar-refractivity contribution in [3.05, 3.63) is 69.6 Å². The van der Waals surface area contributed by atoms with Crippen molar-refractivity contribution in [2.75, 3.05) is 7.11 Å². The number of nitrogens with zero attached hydrogens (tertiary/aromatic N) is 5. The van der Waals surface area contributed by atoms with Gasteiger partial charge < -0.3 is 9.57 Å². The molecule has 0 radical (unpaired) electrons. The second-order valence-corrected chi connectivity index (χ2v) is 6.02. The van der Waals surface area contributed by atoms with E-state index in [1.165, 1.54) is 9.36 Å². The molecule has 1 aromatic heterocycles. The lowest BCUT2D eigenvalue weighted by molar-refractivity contribution is 0.130. The Balaban J connectivity index is 1.87. The second-order valence-electron chi connectivity index (χ2n) is 6.02. The summed E-state index contributed by atoms with van der Waals surface area (Å²) in [4.78, 5) is 17.8. The summed E-state index contributed by atoms with van der Waals surface area (Å²) < 4.78 is 7.78. The van der Waals surface area contributed by atoms with Gasteiger partial charge in [-0.15, -0.1) is 0 Å². The molecule has 0 aliphatic rings. The Morgan fingerprint density at radius 2 is 1.93 bits per heavy atom. The number of para-hydroxylation sites is 1. The van der Waals surface area contributed by atoms with Crippen LogP contribution in [-0.2, 0) is 18.5 Å². The number of hydrogen-bond acceptors (Lipinski definition) is 6. The fourth-order valence-corrected chi connectivity index (χ4v) is 2.72. The Bertz CT molecular complexity index is 1040. The highest BCUT2D eigenvalue weighted by Crippen LogP contribution is 2.20. The lowest BCUT2D eigenvalue weighted by Crippen LogP contribution is -2.23. The first-order valence-corrected chi connectivity index (χ1v) is 8.40. The van der Waals surface area contributed by atoms with Crippen molar-refractivity contribution in [3.63, 3.8) is 0 Å². The average molecular weight is 367 g/mol. The van der Waals surface area contributed by atoms with E-state index in [1.807, 2.05) is 50.2 Å². The first-order chi connectivity index (χ1) is 13.0. The smallest absolute Gasteiger partial charge is 0.368 e. The predicted octanol–water partition coefficient (Wildman–Crippen LogP) is 2.22. The highest BCUT2D eigenvalue weighted by Gasteiger charge is 2.13. The Morgan fingerprint density at radius 3 is 2.63 bits per heavy atom. The zero-order chi connectivity index (χ0) is 19.4. The molecule has 0 bridgehead atoms. The van der Waals surface area contributed by atoms with Gasteiger partial charge in [-0.3, -0.25) is 0 Å². The van der Waals surface area contributed by atoms with E-state index in [0.717, 1.165) is 22.4 Å². The minimum atomic E-state index is -0.324. The molecule has 0 unspecified atom stereocenters. The largest absolute Gasteiger partial charge is 0.496 e. The molecule has 8 heteroatoms. The molecule has 0 saturated heterocycles. The van der Waals surface area contributed by atoms with Crippen molar-refractivity contribution in [2.45, 2.75) is 20.5 Å². The van der Waals surface area contributed by atoms with Crippen LogP contribution in [0.3, 0.4) is 0 Å². The maximum absolute atomic E-state index is 12.2. The van der Waals surface area contributed by atoms with Crippen molar-refractivity contribution in [1.29, 1.82) is 0 Å². The van der Waals surface area contributed by atoms with Crippen LogP contribution in [0.4, 0.5) is 0 Å². The normalized spacial score (nSPS) is 11.5. The van der Waals surface area contributed by atoms with Crippen molar-refractivity contribution < 1.29 is 9.57 Å². The summed E-state index contributed by atoms with van der Waals surface area (Å²) in [5.74, 6) is 0.727. The van der Waals surface area contributed by atoms with Gasteiger partial charge in [0.05, 0.1) is 18.5 Å². The van der Waals surface area contributed by atoms with E-state index in [-0.39, 0.29) is 12.3 Å². The molecule has 140 valence electrons. The average Bonchev–Trinajstić information content (AvgIpc) is 3.01. The topological polar surface area (TPSA) is 83.5 Å². The molecule has 0 spiro atoms. The second kappa shape index (κ2) is 7.86. The van der Waals surface area contributed by atoms with E-state index in [9.17, 15) is 4.79 Å². The Hall–Kier alpha value is -3.42. The quantitative estimate of drug-likeness (QED) is 0.493. The third kappa shape index (κ3) is 3.74. The first kappa shape index (κ1) is 18.4. The van der Waals surface area contributed by atoms with Crippen molar-refractivity contribution in [2.24, 2.45) is 12.2 Å². The Kier molecular flexibility index (Phi) is 5.35. The van der Waals surface area contributed by atoms with E-state index >= 15 is 0 Å². The van der Waals surface area contributed by atoms with Crippen LogP contribution in [0.5, 0.6) is 5.75 Å². The summed E-state index contributed by atoms with van der Waals surface area (Å²) in [6, 6.07) is 13.2. The molecule has 0 aliphatic heterocycles. The SMILES string of the molecule is COc1ccccc1C(C)=NOCc1c(C)cccc1-n1nnn(C)c1=O. The van der Waals surface area contributed by atoms with Crippen LogP contribution in [0.15, 0.2) is 52.4 Å². The molecule has 0 saturated carbocycles. The summed E-state index contributed by atoms with van der Waals surface area (Å²) >= 11 is 0. The Morgan fingerprint density at radius 1 is 1.15 bits per heavy atom. The molecular weight excluding hydrogens is 346 g/mol. The van der Waals surface area contributed by atoms with Crippen molar-refractivity contribution in [1.82, 2.24) is 19.8 Å². The van der Waals surface area contributed by atoms with Gasteiger partial charge in [-0.2, -0.15) is 9.36 Å². The Labute approximate surface area is 156 Å². The predicted molar refractivity (Wildman–Crippen MR) is 101 cm³/mol. The van der Waals surface area contributed by atoms with Crippen LogP contribution in [0.25, 0.3) is 5.69 Å². The number of methoxy groups -OCH3 is 1. The standard InChI is InChI=1S/C19H21N5O3/c1-13-8-7-10-17(24-19(25)23(3)21-22-24)16(13)12-27-20-14(2)15-9-5-6-11-18(15)26-4/h5-11H,12H2,1-4H3. The van der Waals surface area contributed by atoms with Gasteiger partial charge in [-0.25, -0.2) is 4.79 Å². The molecular formula is C19H21N5O3. The summed E-state index contributed by atoms with van der Waals surface area (Å²) in [5.41, 5.74) is 3.63. The molecule has 2 aromatic carbocycles. The summed E-state index contributed by atoms with van der Waals surface area (Å²) in [6.07, 6.45) is 0. The van der Waals surface area contributed by atoms with E-state index in [4.69, 9.17) is 9.57 Å². The van der Waals surface area contributed by atoms with Crippen molar-refractivity contribution >= 4 is 5.71 Å². The number of hydrogen-bond donors (Lipinski definition) is 0. The number of aromatic nitrogens is 4. The molecule has 3 rings (SSSR count). The van der Waals surface area contributed by atoms with Crippen LogP contribution in [-0.4, -0.2) is 32.6 Å². The molecule has 0 N–H and O–H groups in total. The molecule has 0 aliphatic carbocycles. The van der Waals surface area contributed by atoms with Gasteiger partial charge in [0, 0.05) is 18.2 Å². The number of ether oxygens (including phenoxy) is 1. The summed E-state index contributed by atoms with van der Waals surface area (Å²) in [7, 11) is 3.17. The maximum atomic E-state index is 12.2. The van der Waals surface area contributed by atoms with Gasteiger partial charge in [0.25, 0.3) is 0 Å². The van der Waals surface area contributed by atoms with Crippen LogP contribution < -0.4 is 10.4 Å². The third-order valence-corrected chi connectivity index (χ3v) is 4.24. The minimum absolute atomic E-state index is 0.192. The van der Waals surface area contributed by atoms with Gasteiger partial charge >= 0.3 is 5.69 Å². The van der Waals surface area contributed by atoms with Gasteiger partial charge in [-0.05, 0) is 48.0 Å². The van der Waals surface area contributed by atoms with E-state index in [2.05, 4.69) is 15.6 Å².